The summed E-state index contributed by atoms with van der Waals surface area (Å²) in [6, 6.07) is 26.4. The largest absolute Gasteiger partial charge is 0.482 e. The first-order chi connectivity index (χ1) is 16.1. The molecule has 1 N–H and O–H groups in total. The van der Waals surface area contributed by atoms with E-state index in [0.717, 1.165) is 46.5 Å². The molecule has 5 rings (SSSR count). The molecule has 166 valence electrons. The highest BCUT2D eigenvalue weighted by Gasteiger charge is 2.31. The SMILES string of the molecule is CN(c1nc(-c2ccccc2)c(-c2ccccc2)o1)C1CCc2c(OCC(=O)O)cccc21. The third-order valence-electron chi connectivity index (χ3n) is 6.02. The fraction of sp³-hybridized carbons (Fsp3) is 0.185. The molecular weight excluding hydrogens is 416 g/mol. The maximum absolute atomic E-state index is 10.9. The van der Waals surface area contributed by atoms with Crippen molar-refractivity contribution < 1.29 is 19.1 Å². The smallest absolute Gasteiger partial charge is 0.341 e. The number of hydrogen-bond donors (Lipinski definition) is 1. The summed E-state index contributed by atoms with van der Waals surface area (Å²) in [5, 5.41) is 8.97. The molecule has 1 unspecified atom stereocenters. The predicted octanol–water partition coefficient (Wildman–Crippen LogP) is 5.60. The van der Waals surface area contributed by atoms with E-state index in [1.807, 2.05) is 79.8 Å². The van der Waals surface area contributed by atoms with Gasteiger partial charge >= 0.3 is 5.97 Å². The number of carboxylic acids is 1. The van der Waals surface area contributed by atoms with Gasteiger partial charge in [-0.2, -0.15) is 4.98 Å². The Bertz CT molecular complexity index is 1210. The lowest BCUT2D eigenvalue weighted by Crippen LogP contribution is -2.22. The minimum absolute atomic E-state index is 0.0549. The van der Waals surface area contributed by atoms with E-state index in [-0.39, 0.29) is 12.6 Å². The first kappa shape index (κ1) is 20.8. The van der Waals surface area contributed by atoms with Crippen molar-refractivity contribution in [1.82, 2.24) is 4.98 Å². The fourth-order valence-corrected chi connectivity index (χ4v) is 4.45. The number of fused-ring (bicyclic) bond motifs is 1. The molecule has 0 saturated heterocycles. The Hall–Kier alpha value is -4.06. The third-order valence-corrected chi connectivity index (χ3v) is 6.02. The van der Waals surface area contributed by atoms with Crippen LogP contribution >= 0.6 is 0 Å². The van der Waals surface area contributed by atoms with Gasteiger partial charge in [0.2, 0.25) is 0 Å². The summed E-state index contributed by atoms with van der Waals surface area (Å²) in [5.41, 5.74) is 4.94. The van der Waals surface area contributed by atoms with Crippen molar-refractivity contribution in [3.8, 4) is 28.3 Å². The molecule has 1 aliphatic carbocycles. The standard InChI is InChI=1S/C27H24N2O4/c1-29(22-16-15-21-20(22)13-8-14-23(21)32-17-24(30)31)27-28-25(18-9-4-2-5-10-18)26(33-27)19-11-6-3-7-12-19/h2-14,22H,15-17H2,1H3,(H,30,31). The molecule has 1 aliphatic rings. The minimum atomic E-state index is -0.985. The number of rotatable bonds is 7. The Morgan fingerprint density at radius 2 is 1.73 bits per heavy atom. The third kappa shape index (κ3) is 4.07. The molecule has 6 heteroatoms. The number of aliphatic carboxylic acids is 1. The average Bonchev–Trinajstić information content (AvgIpc) is 3.49. The molecule has 6 nitrogen and oxygen atoms in total. The van der Waals surface area contributed by atoms with Gasteiger partial charge in [-0.15, -0.1) is 0 Å². The Kier molecular flexibility index (Phi) is 5.57. The first-order valence-electron chi connectivity index (χ1n) is 10.9. The maximum atomic E-state index is 10.9. The van der Waals surface area contributed by atoms with Gasteiger partial charge in [-0.05, 0) is 30.0 Å². The number of nitrogens with zero attached hydrogens (tertiary/aromatic N) is 2. The Morgan fingerprint density at radius 3 is 2.42 bits per heavy atom. The Morgan fingerprint density at radius 1 is 1.03 bits per heavy atom. The van der Waals surface area contributed by atoms with E-state index in [1.54, 1.807) is 0 Å². The highest BCUT2D eigenvalue weighted by Crippen LogP contribution is 2.43. The van der Waals surface area contributed by atoms with Crippen molar-refractivity contribution in [2.75, 3.05) is 18.6 Å². The van der Waals surface area contributed by atoms with E-state index < -0.39 is 5.97 Å². The second-order valence-electron chi connectivity index (χ2n) is 8.08. The zero-order valence-electron chi connectivity index (χ0n) is 18.3. The highest BCUT2D eigenvalue weighted by molar-refractivity contribution is 5.78. The molecular formula is C27H24N2O4. The fourth-order valence-electron chi connectivity index (χ4n) is 4.45. The highest BCUT2D eigenvalue weighted by atomic mass is 16.5. The van der Waals surface area contributed by atoms with Crippen LogP contribution in [0.3, 0.4) is 0 Å². The lowest BCUT2D eigenvalue weighted by Gasteiger charge is -2.23. The van der Waals surface area contributed by atoms with E-state index in [4.69, 9.17) is 19.2 Å². The van der Waals surface area contributed by atoms with Crippen LogP contribution < -0.4 is 9.64 Å². The lowest BCUT2D eigenvalue weighted by molar-refractivity contribution is -0.139. The second kappa shape index (κ2) is 8.82. The monoisotopic (exact) mass is 440 g/mol. The van der Waals surface area contributed by atoms with Gasteiger partial charge in [0.25, 0.3) is 6.01 Å². The van der Waals surface area contributed by atoms with Gasteiger partial charge in [-0.25, -0.2) is 4.79 Å². The van der Waals surface area contributed by atoms with E-state index in [9.17, 15) is 4.79 Å². The summed E-state index contributed by atoms with van der Waals surface area (Å²) in [7, 11) is 1.99. The van der Waals surface area contributed by atoms with Crippen molar-refractivity contribution in [2.24, 2.45) is 0 Å². The Labute approximate surface area is 192 Å². The van der Waals surface area contributed by atoms with Gasteiger partial charge in [-0.1, -0.05) is 72.8 Å². The number of oxazole rings is 1. The van der Waals surface area contributed by atoms with Crippen molar-refractivity contribution in [1.29, 1.82) is 0 Å². The second-order valence-corrected chi connectivity index (χ2v) is 8.08. The molecule has 1 heterocycles. The molecule has 33 heavy (non-hydrogen) atoms. The van der Waals surface area contributed by atoms with Gasteiger partial charge in [0, 0.05) is 18.2 Å². The number of benzene rings is 3. The van der Waals surface area contributed by atoms with Crippen LogP contribution in [0.25, 0.3) is 22.6 Å². The Balaban J connectivity index is 1.51. The average molecular weight is 440 g/mol. The molecule has 0 spiro atoms. The summed E-state index contributed by atoms with van der Waals surface area (Å²) >= 11 is 0. The molecule has 1 atom stereocenters. The number of hydrogen-bond acceptors (Lipinski definition) is 5. The predicted molar refractivity (Wildman–Crippen MR) is 126 cm³/mol. The van der Waals surface area contributed by atoms with E-state index in [0.29, 0.717) is 11.8 Å². The summed E-state index contributed by atoms with van der Waals surface area (Å²) in [6.07, 6.45) is 1.67. The number of aromatic nitrogens is 1. The molecule has 3 aromatic carbocycles. The molecule has 0 amide bonds. The van der Waals surface area contributed by atoms with Gasteiger partial charge in [0.05, 0.1) is 6.04 Å². The summed E-state index contributed by atoms with van der Waals surface area (Å²) < 4.78 is 11.9. The number of carboxylic acid groups (broad SMARTS) is 1. The zero-order chi connectivity index (χ0) is 22.8. The van der Waals surface area contributed by atoms with Crippen LogP contribution in [0.2, 0.25) is 0 Å². The molecule has 1 aromatic heterocycles. The minimum Gasteiger partial charge on any atom is -0.482 e. The normalized spacial score (nSPS) is 14.6. The maximum Gasteiger partial charge on any atom is 0.341 e. The van der Waals surface area contributed by atoms with Gasteiger partial charge < -0.3 is 19.2 Å². The molecule has 4 aromatic rings. The van der Waals surface area contributed by atoms with E-state index >= 15 is 0 Å². The van der Waals surface area contributed by atoms with Crippen LogP contribution in [-0.2, 0) is 11.2 Å². The van der Waals surface area contributed by atoms with Gasteiger partial charge in [0.15, 0.2) is 12.4 Å². The van der Waals surface area contributed by atoms with Crippen LogP contribution in [0.5, 0.6) is 5.75 Å². The van der Waals surface area contributed by atoms with Crippen LogP contribution in [0.15, 0.2) is 83.3 Å². The lowest BCUT2D eigenvalue weighted by atomic mass is 10.1. The zero-order valence-corrected chi connectivity index (χ0v) is 18.3. The summed E-state index contributed by atoms with van der Waals surface area (Å²) in [5.74, 6) is 0.384. The van der Waals surface area contributed by atoms with Crippen LogP contribution in [-0.4, -0.2) is 29.7 Å². The number of ether oxygens (including phenoxy) is 1. The van der Waals surface area contributed by atoms with Crippen molar-refractivity contribution >= 4 is 12.0 Å². The van der Waals surface area contributed by atoms with Crippen LogP contribution in [0, 0.1) is 0 Å². The van der Waals surface area contributed by atoms with Crippen molar-refractivity contribution in [3.05, 3.63) is 90.0 Å². The van der Waals surface area contributed by atoms with E-state index in [2.05, 4.69) is 11.0 Å². The summed E-state index contributed by atoms with van der Waals surface area (Å²) in [4.78, 5) is 17.9. The van der Waals surface area contributed by atoms with Crippen molar-refractivity contribution in [3.63, 3.8) is 0 Å². The molecule has 0 radical (unpaired) electrons. The summed E-state index contributed by atoms with van der Waals surface area (Å²) in [6.45, 7) is -0.350. The molecule has 0 saturated carbocycles. The van der Waals surface area contributed by atoms with Gasteiger partial charge in [0.1, 0.15) is 11.4 Å². The van der Waals surface area contributed by atoms with Crippen LogP contribution in [0.1, 0.15) is 23.6 Å². The molecule has 0 bridgehead atoms. The molecule has 0 fully saturated rings. The van der Waals surface area contributed by atoms with Crippen molar-refractivity contribution in [2.45, 2.75) is 18.9 Å². The van der Waals surface area contributed by atoms with E-state index in [1.165, 1.54) is 0 Å². The molecule has 0 aliphatic heterocycles. The topological polar surface area (TPSA) is 75.8 Å². The number of anilines is 1. The first-order valence-corrected chi connectivity index (χ1v) is 10.9. The number of carbonyl (C=O) groups is 1. The van der Waals surface area contributed by atoms with Crippen LogP contribution in [0.4, 0.5) is 6.01 Å². The quantitative estimate of drug-likeness (QED) is 0.403. The van der Waals surface area contributed by atoms with Gasteiger partial charge in [-0.3, -0.25) is 0 Å².